The van der Waals surface area contributed by atoms with E-state index in [0.29, 0.717) is 12.2 Å². The molecule has 1 saturated heterocycles. The molecule has 0 aromatic heterocycles. The minimum Gasteiger partial charge on any atom is -0.508 e. The summed E-state index contributed by atoms with van der Waals surface area (Å²) in [7, 11) is 1.80. The first kappa shape index (κ1) is 19.6. The van der Waals surface area contributed by atoms with Crippen LogP contribution in [0.25, 0.3) is 5.57 Å². The van der Waals surface area contributed by atoms with E-state index in [0.717, 1.165) is 17.5 Å². The highest BCUT2D eigenvalue weighted by atomic mass is 32.2. The van der Waals surface area contributed by atoms with Crippen molar-refractivity contribution in [3.8, 4) is 11.8 Å². The number of aromatic hydroxyl groups is 1. The Hall–Kier alpha value is -2.75. The molecule has 0 bridgehead atoms. The van der Waals surface area contributed by atoms with Crippen molar-refractivity contribution < 1.29 is 9.90 Å². The number of amides is 1. The molecule has 1 amide bonds. The standard InChI is InChI=1S/C23H23N3O2S/c1-23(20-11-18(13-29-20)16-6-3-5-15(9-16)12-24)21(22(28)26(2)14-25-23)17-7-4-8-19(27)10-17/h3-10,13,20-21,25,27H,11,14H2,1-2H3/t20?,21-,23-/m1/s1. The number of carbonyl (C=O) groups excluding carboxylic acids is 1. The van der Waals surface area contributed by atoms with Gasteiger partial charge in [0.1, 0.15) is 5.75 Å². The minimum absolute atomic E-state index is 0.0531. The Balaban J connectivity index is 1.65. The molecule has 0 radical (unpaired) electrons. The van der Waals surface area contributed by atoms with Crippen LogP contribution in [0, 0.1) is 11.3 Å². The van der Waals surface area contributed by atoms with Crippen LogP contribution in [-0.4, -0.2) is 40.4 Å². The number of thioether (sulfide) groups is 1. The molecule has 2 N–H and O–H groups in total. The summed E-state index contributed by atoms with van der Waals surface area (Å²) in [5, 5.41) is 25.1. The molecule has 2 aliphatic rings. The monoisotopic (exact) mass is 405 g/mol. The normalized spacial score (nSPS) is 26.9. The summed E-state index contributed by atoms with van der Waals surface area (Å²) in [6.45, 7) is 2.59. The molecule has 1 fully saturated rings. The van der Waals surface area contributed by atoms with Crippen molar-refractivity contribution in [3.05, 3.63) is 70.6 Å². The fraction of sp³-hybridized carbons (Fsp3) is 0.304. The Labute approximate surface area is 175 Å². The van der Waals surface area contributed by atoms with E-state index >= 15 is 0 Å². The molecule has 4 rings (SSSR count). The molecular weight excluding hydrogens is 382 g/mol. The lowest BCUT2D eigenvalue weighted by molar-refractivity contribution is -0.137. The lowest BCUT2D eigenvalue weighted by Crippen LogP contribution is -2.65. The molecule has 2 aromatic rings. The van der Waals surface area contributed by atoms with E-state index in [1.54, 1.807) is 48.0 Å². The molecule has 0 saturated carbocycles. The number of phenolic OH excluding ortho intramolecular Hbond substituents is 1. The molecule has 2 aromatic carbocycles. The Morgan fingerprint density at radius 1 is 1.28 bits per heavy atom. The fourth-order valence-corrected chi connectivity index (χ4v) is 5.57. The van der Waals surface area contributed by atoms with Gasteiger partial charge in [-0.1, -0.05) is 24.3 Å². The van der Waals surface area contributed by atoms with Crippen LogP contribution in [0.2, 0.25) is 0 Å². The molecule has 2 heterocycles. The van der Waals surface area contributed by atoms with Crippen molar-refractivity contribution in [1.29, 1.82) is 5.26 Å². The zero-order valence-electron chi connectivity index (χ0n) is 16.4. The largest absolute Gasteiger partial charge is 0.508 e. The highest BCUT2D eigenvalue weighted by Gasteiger charge is 2.50. The lowest BCUT2D eigenvalue weighted by atomic mass is 9.74. The maximum Gasteiger partial charge on any atom is 0.232 e. The maximum atomic E-state index is 13.2. The van der Waals surface area contributed by atoms with Crippen LogP contribution in [0.3, 0.4) is 0 Å². The van der Waals surface area contributed by atoms with Crippen LogP contribution >= 0.6 is 11.8 Å². The second-order valence-corrected chi connectivity index (χ2v) is 8.92. The minimum atomic E-state index is -0.479. The molecule has 6 heteroatoms. The van der Waals surface area contributed by atoms with Gasteiger partial charge in [0.05, 0.1) is 24.2 Å². The summed E-state index contributed by atoms with van der Waals surface area (Å²) in [6, 6.07) is 16.8. The number of rotatable bonds is 3. The zero-order chi connectivity index (χ0) is 20.6. The Morgan fingerprint density at radius 2 is 2.07 bits per heavy atom. The van der Waals surface area contributed by atoms with E-state index in [2.05, 4.69) is 23.7 Å². The van der Waals surface area contributed by atoms with Crippen molar-refractivity contribution in [1.82, 2.24) is 10.2 Å². The number of hydrogen-bond acceptors (Lipinski definition) is 5. The van der Waals surface area contributed by atoms with Crippen LogP contribution in [0.15, 0.2) is 53.9 Å². The van der Waals surface area contributed by atoms with E-state index in [-0.39, 0.29) is 16.9 Å². The van der Waals surface area contributed by atoms with Crippen LogP contribution < -0.4 is 5.32 Å². The lowest BCUT2D eigenvalue weighted by Gasteiger charge is -2.48. The first-order valence-electron chi connectivity index (χ1n) is 9.56. The predicted molar refractivity (Wildman–Crippen MR) is 115 cm³/mol. The fourth-order valence-electron chi connectivity index (χ4n) is 4.23. The molecule has 148 valence electrons. The van der Waals surface area contributed by atoms with Gasteiger partial charge in [0.15, 0.2) is 0 Å². The number of nitrogens with zero attached hydrogens (tertiary/aromatic N) is 2. The Bertz CT molecular complexity index is 1030. The third kappa shape index (κ3) is 3.52. The van der Waals surface area contributed by atoms with Gasteiger partial charge in [-0.15, -0.1) is 11.8 Å². The average molecular weight is 406 g/mol. The van der Waals surface area contributed by atoms with Gasteiger partial charge in [-0.25, -0.2) is 0 Å². The van der Waals surface area contributed by atoms with Crippen molar-refractivity contribution in [2.45, 2.75) is 30.1 Å². The second kappa shape index (κ2) is 7.58. The van der Waals surface area contributed by atoms with Gasteiger partial charge in [-0.2, -0.15) is 5.26 Å². The van der Waals surface area contributed by atoms with Crippen molar-refractivity contribution in [3.63, 3.8) is 0 Å². The van der Waals surface area contributed by atoms with Gasteiger partial charge in [0.25, 0.3) is 0 Å². The second-order valence-electron chi connectivity index (χ2n) is 7.85. The molecule has 0 aliphatic carbocycles. The maximum absolute atomic E-state index is 13.2. The van der Waals surface area contributed by atoms with Crippen LogP contribution in [0.1, 0.15) is 36.0 Å². The topological polar surface area (TPSA) is 76.4 Å². The molecule has 29 heavy (non-hydrogen) atoms. The molecule has 2 aliphatic heterocycles. The van der Waals surface area contributed by atoms with Gasteiger partial charge in [0.2, 0.25) is 5.91 Å². The van der Waals surface area contributed by atoms with Gasteiger partial charge in [-0.3, -0.25) is 10.1 Å². The predicted octanol–water partition coefficient (Wildman–Crippen LogP) is 3.67. The number of likely N-dealkylation sites (N-methyl/N-ethyl adjacent to an activating group) is 1. The van der Waals surface area contributed by atoms with Crippen LogP contribution in [0.4, 0.5) is 0 Å². The van der Waals surface area contributed by atoms with Gasteiger partial charge in [0, 0.05) is 17.8 Å². The third-order valence-electron chi connectivity index (χ3n) is 5.93. The summed E-state index contributed by atoms with van der Waals surface area (Å²) in [5.74, 6) is -0.182. The third-order valence-corrected chi connectivity index (χ3v) is 7.34. The molecule has 0 spiro atoms. The SMILES string of the molecule is CN1CN[C@](C)(C2CC(c3cccc(C#N)c3)=CS2)[C@H](c2cccc(O)c2)C1=O. The van der Waals surface area contributed by atoms with E-state index in [1.807, 2.05) is 24.3 Å². The first-order valence-corrected chi connectivity index (χ1v) is 10.5. The number of nitrogens with one attached hydrogen (secondary N) is 1. The number of benzene rings is 2. The Kier molecular flexibility index (Phi) is 5.12. The average Bonchev–Trinajstić information content (AvgIpc) is 3.22. The number of allylic oxidation sites excluding steroid dienone is 1. The van der Waals surface area contributed by atoms with E-state index in [9.17, 15) is 15.2 Å². The van der Waals surface area contributed by atoms with Gasteiger partial charge in [-0.05, 0) is 59.7 Å². The van der Waals surface area contributed by atoms with Crippen molar-refractivity contribution in [2.75, 3.05) is 13.7 Å². The zero-order valence-corrected chi connectivity index (χ0v) is 17.2. The summed E-state index contributed by atoms with van der Waals surface area (Å²) >= 11 is 1.73. The summed E-state index contributed by atoms with van der Waals surface area (Å²) in [4.78, 5) is 14.9. The van der Waals surface area contributed by atoms with Gasteiger partial charge < -0.3 is 10.0 Å². The van der Waals surface area contributed by atoms with Gasteiger partial charge >= 0.3 is 0 Å². The summed E-state index contributed by atoms with van der Waals surface area (Å²) in [6.07, 6.45) is 0.801. The summed E-state index contributed by atoms with van der Waals surface area (Å²) < 4.78 is 0. The molecule has 3 atom stereocenters. The van der Waals surface area contributed by atoms with Crippen LogP contribution in [0.5, 0.6) is 5.75 Å². The van der Waals surface area contributed by atoms with Crippen molar-refractivity contribution in [2.24, 2.45) is 0 Å². The van der Waals surface area contributed by atoms with E-state index in [1.165, 1.54) is 5.57 Å². The molecule has 5 nitrogen and oxygen atoms in total. The van der Waals surface area contributed by atoms with E-state index < -0.39 is 11.5 Å². The molecular formula is C23H23N3O2S. The van der Waals surface area contributed by atoms with Crippen LogP contribution in [-0.2, 0) is 4.79 Å². The number of carbonyl (C=O) groups is 1. The van der Waals surface area contributed by atoms with E-state index in [4.69, 9.17) is 0 Å². The quantitative estimate of drug-likeness (QED) is 0.815. The number of phenols is 1. The summed E-state index contributed by atoms with van der Waals surface area (Å²) in [5.41, 5.74) is 3.22. The van der Waals surface area contributed by atoms with Crippen molar-refractivity contribution >= 4 is 23.2 Å². The highest BCUT2D eigenvalue weighted by molar-refractivity contribution is 8.03. The molecule has 1 unspecified atom stereocenters. The smallest absolute Gasteiger partial charge is 0.232 e. The Morgan fingerprint density at radius 3 is 2.83 bits per heavy atom. The highest BCUT2D eigenvalue weighted by Crippen LogP contribution is 2.48. The number of hydrogen-bond donors (Lipinski definition) is 2. The first-order chi connectivity index (χ1) is 13.9. The number of nitriles is 1.